The van der Waals surface area contributed by atoms with Crippen molar-refractivity contribution < 1.29 is 19.0 Å². The summed E-state index contributed by atoms with van der Waals surface area (Å²) in [6.45, 7) is 2.02. The number of aromatic nitrogens is 3. The average Bonchev–Trinajstić information content (AvgIpc) is 3.25. The molecule has 1 aromatic heterocycles. The molecule has 25 heavy (non-hydrogen) atoms. The van der Waals surface area contributed by atoms with Crippen molar-refractivity contribution >= 4 is 5.91 Å². The highest BCUT2D eigenvalue weighted by Gasteiger charge is 2.25. The van der Waals surface area contributed by atoms with E-state index in [1.165, 1.54) is 0 Å². The van der Waals surface area contributed by atoms with Gasteiger partial charge in [0.25, 0.3) is 5.91 Å². The largest absolute Gasteiger partial charge is 0.490 e. The fourth-order valence-corrected chi connectivity index (χ4v) is 3.22. The molecule has 2 N–H and O–H groups in total. The molecule has 8 nitrogen and oxygen atoms in total. The lowest BCUT2D eigenvalue weighted by molar-refractivity contribution is 0.0888. The Balaban J connectivity index is 1.28. The maximum atomic E-state index is 12.2. The van der Waals surface area contributed by atoms with Crippen LogP contribution in [-0.2, 0) is 0 Å². The van der Waals surface area contributed by atoms with E-state index in [4.69, 9.17) is 14.2 Å². The maximum Gasteiger partial charge on any atom is 0.273 e. The Bertz CT molecular complexity index is 768. The van der Waals surface area contributed by atoms with Crippen LogP contribution in [0.3, 0.4) is 0 Å². The molecule has 1 aliphatic heterocycles. The second-order valence-corrected chi connectivity index (χ2v) is 6.34. The molecule has 1 aliphatic carbocycles. The summed E-state index contributed by atoms with van der Waals surface area (Å²) in [4.78, 5) is 12.2. The van der Waals surface area contributed by atoms with Gasteiger partial charge in [0, 0.05) is 12.1 Å². The fourth-order valence-electron chi connectivity index (χ4n) is 3.22. The third kappa shape index (κ3) is 3.38. The number of amides is 1. The zero-order valence-corrected chi connectivity index (χ0v) is 13.9. The normalized spacial score (nSPS) is 21.8. The molecule has 0 spiro atoms. The predicted octanol–water partition coefficient (Wildman–Crippen LogP) is 1.96. The minimum Gasteiger partial charge on any atom is -0.490 e. The van der Waals surface area contributed by atoms with E-state index in [2.05, 4.69) is 20.7 Å². The number of aromatic amines is 1. The number of rotatable bonds is 4. The lowest BCUT2D eigenvalue weighted by Gasteiger charge is -2.29. The van der Waals surface area contributed by atoms with Crippen LogP contribution in [0.15, 0.2) is 18.2 Å². The first-order chi connectivity index (χ1) is 12.2. The number of hydrogen-bond acceptors (Lipinski definition) is 6. The van der Waals surface area contributed by atoms with Gasteiger partial charge < -0.3 is 19.5 Å². The molecule has 2 heterocycles. The van der Waals surface area contributed by atoms with Crippen molar-refractivity contribution in [3.05, 3.63) is 29.6 Å². The highest BCUT2D eigenvalue weighted by molar-refractivity contribution is 5.93. The van der Waals surface area contributed by atoms with Gasteiger partial charge in [0.2, 0.25) is 6.79 Å². The molecule has 1 amide bonds. The molecule has 1 saturated carbocycles. The molecular formula is C17H20N4O4. The van der Waals surface area contributed by atoms with E-state index < -0.39 is 0 Å². The number of ether oxygens (including phenoxy) is 3. The number of hydrogen-bond donors (Lipinski definition) is 2. The van der Waals surface area contributed by atoms with Crippen LogP contribution in [0.4, 0.5) is 0 Å². The number of nitrogens with zero attached hydrogens (tertiary/aromatic N) is 2. The molecule has 1 fully saturated rings. The van der Waals surface area contributed by atoms with Crippen LogP contribution in [0.1, 0.15) is 41.9 Å². The van der Waals surface area contributed by atoms with E-state index >= 15 is 0 Å². The first kappa shape index (κ1) is 15.7. The molecule has 2 aliphatic rings. The monoisotopic (exact) mass is 344 g/mol. The summed E-state index contributed by atoms with van der Waals surface area (Å²) in [5.74, 6) is 2.09. The smallest absolute Gasteiger partial charge is 0.273 e. The van der Waals surface area contributed by atoms with Crippen LogP contribution in [0.5, 0.6) is 17.2 Å². The van der Waals surface area contributed by atoms with Gasteiger partial charge >= 0.3 is 0 Å². The van der Waals surface area contributed by atoms with Gasteiger partial charge in [-0.25, -0.2) is 0 Å². The van der Waals surface area contributed by atoms with E-state index in [0.29, 0.717) is 11.4 Å². The molecule has 1 aromatic carbocycles. The Kier molecular flexibility index (Phi) is 4.17. The van der Waals surface area contributed by atoms with E-state index in [0.717, 1.165) is 42.9 Å². The van der Waals surface area contributed by atoms with E-state index in [-0.39, 0.29) is 24.8 Å². The molecule has 0 unspecified atom stereocenters. The molecule has 132 valence electrons. The molecule has 0 saturated heterocycles. The van der Waals surface area contributed by atoms with Crippen molar-refractivity contribution in [2.75, 3.05) is 6.79 Å². The summed E-state index contributed by atoms with van der Waals surface area (Å²) in [6.07, 6.45) is 3.66. The summed E-state index contributed by atoms with van der Waals surface area (Å²) in [6, 6.07) is 5.77. The van der Waals surface area contributed by atoms with E-state index in [1.807, 2.05) is 18.2 Å². The Labute approximate surface area is 144 Å². The van der Waals surface area contributed by atoms with E-state index in [9.17, 15) is 4.79 Å². The van der Waals surface area contributed by atoms with Gasteiger partial charge in [-0.05, 0) is 44.7 Å². The molecule has 0 bridgehead atoms. The van der Waals surface area contributed by atoms with Crippen LogP contribution in [0, 0.1) is 6.92 Å². The summed E-state index contributed by atoms with van der Waals surface area (Å²) in [7, 11) is 0. The number of carbonyl (C=O) groups excluding carboxylic acids is 1. The van der Waals surface area contributed by atoms with Crippen molar-refractivity contribution in [3.63, 3.8) is 0 Å². The fraction of sp³-hybridized carbons (Fsp3) is 0.471. The zero-order chi connectivity index (χ0) is 17.2. The molecular weight excluding hydrogens is 324 g/mol. The lowest BCUT2D eigenvalue weighted by atomic mass is 9.92. The number of carbonyl (C=O) groups is 1. The molecule has 8 heteroatoms. The third-order valence-electron chi connectivity index (χ3n) is 4.59. The first-order valence-corrected chi connectivity index (χ1v) is 8.43. The standard InChI is InChI=1S/C17H20N4O4/c1-10-16(20-21-19-10)17(22)18-11-2-4-12(5-3-11)25-13-6-7-14-15(8-13)24-9-23-14/h6-8,11-12H,2-5,9H2,1H3,(H,18,22)(H,19,20,21). The number of nitrogens with one attached hydrogen (secondary N) is 2. The number of fused-ring (bicyclic) bond motifs is 1. The third-order valence-corrected chi connectivity index (χ3v) is 4.59. The highest BCUT2D eigenvalue weighted by Crippen LogP contribution is 2.36. The highest BCUT2D eigenvalue weighted by atomic mass is 16.7. The van der Waals surface area contributed by atoms with Crippen LogP contribution >= 0.6 is 0 Å². The van der Waals surface area contributed by atoms with Crippen molar-refractivity contribution in [2.24, 2.45) is 0 Å². The van der Waals surface area contributed by atoms with Crippen molar-refractivity contribution in [3.8, 4) is 17.2 Å². The predicted molar refractivity (Wildman–Crippen MR) is 87.8 cm³/mol. The Morgan fingerprint density at radius 3 is 2.76 bits per heavy atom. The SMILES string of the molecule is Cc1n[nH]nc1C(=O)NC1CCC(Oc2ccc3c(c2)OCO3)CC1. The van der Waals surface area contributed by atoms with Gasteiger partial charge in [-0.3, -0.25) is 4.79 Å². The van der Waals surface area contributed by atoms with Crippen LogP contribution in [0.25, 0.3) is 0 Å². The maximum absolute atomic E-state index is 12.2. The summed E-state index contributed by atoms with van der Waals surface area (Å²) < 4.78 is 16.7. The lowest BCUT2D eigenvalue weighted by Crippen LogP contribution is -2.40. The van der Waals surface area contributed by atoms with Crippen LogP contribution in [-0.4, -0.2) is 40.3 Å². The minimum absolute atomic E-state index is 0.139. The van der Waals surface area contributed by atoms with Gasteiger partial charge in [0.1, 0.15) is 5.75 Å². The minimum atomic E-state index is -0.175. The summed E-state index contributed by atoms with van der Waals surface area (Å²) in [5, 5.41) is 13.3. The topological polar surface area (TPSA) is 98.4 Å². The number of H-pyrrole nitrogens is 1. The second kappa shape index (κ2) is 6.62. The number of benzene rings is 1. The second-order valence-electron chi connectivity index (χ2n) is 6.34. The van der Waals surface area contributed by atoms with Crippen LogP contribution < -0.4 is 19.5 Å². The van der Waals surface area contributed by atoms with Gasteiger partial charge in [-0.1, -0.05) is 0 Å². The van der Waals surface area contributed by atoms with Crippen molar-refractivity contribution in [1.82, 2.24) is 20.7 Å². The van der Waals surface area contributed by atoms with Gasteiger partial charge in [0.05, 0.1) is 11.8 Å². The van der Waals surface area contributed by atoms with Gasteiger partial charge in [-0.15, -0.1) is 0 Å². The molecule has 0 atom stereocenters. The first-order valence-electron chi connectivity index (χ1n) is 8.43. The zero-order valence-electron chi connectivity index (χ0n) is 13.9. The molecule has 2 aromatic rings. The number of aryl methyl sites for hydroxylation is 1. The average molecular weight is 344 g/mol. The van der Waals surface area contributed by atoms with Gasteiger partial charge in [0.15, 0.2) is 17.2 Å². The Hall–Kier alpha value is -2.77. The van der Waals surface area contributed by atoms with Crippen molar-refractivity contribution in [2.45, 2.75) is 44.8 Å². The summed E-state index contributed by atoms with van der Waals surface area (Å²) >= 11 is 0. The quantitative estimate of drug-likeness (QED) is 0.880. The molecule has 4 rings (SSSR count). The Morgan fingerprint density at radius 1 is 1.20 bits per heavy atom. The summed E-state index contributed by atoms with van der Waals surface area (Å²) in [5.41, 5.74) is 0.969. The molecule has 0 radical (unpaired) electrons. The van der Waals surface area contributed by atoms with Crippen LogP contribution in [0.2, 0.25) is 0 Å². The Morgan fingerprint density at radius 2 is 2.00 bits per heavy atom. The van der Waals surface area contributed by atoms with Gasteiger partial charge in [-0.2, -0.15) is 15.4 Å². The van der Waals surface area contributed by atoms with E-state index in [1.54, 1.807) is 6.92 Å². The van der Waals surface area contributed by atoms with Crippen molar-refractivity contribution in [1.29, 1.82) is 0 Å².